The Kier molecular flexibility index (Phi) is 5.28. The van der Waals surface area contributed by atoms with E-state index in [0.29, 0.717) is 18.1 Å². The largest absolute Gasteiger partial charge is 0.467 e. The Morgan fingerprint density at radius 2 is 2.19 bits per heavy atom. The van der Waals surface area contributed by atoms with Gasteiger partial charge in [0.2, 0.25) is 0 Å². The van der Waals surface area contributed by atoms with Crippen molar-refractivity contribution in [2.45, 2.75) is 6.54 Å². The van der Waals surface area contributed by atoms with Crippen LogP contribution in [0.25, 0.3) is 0 Å². The van der Waals surface area contributed by atoms with Gasteiger partial charge in [-0.15, -0.1) is 0 Å². The molecule has 7 nitrogen and oxygen atoms in total. The highest BCUT2D eigenvalue weighted by Crippen LogP contribution is 2.02. The summed E-state index contributed by atoms with van der Waals surface area (Å²) in [6.45, 7) is 2.00. The van der Waals surface area contributed by atoms with E-state index >= 15 is 0 Å². The number of anilines is 1. The van der Waals surface area contributed by atoms with Gasteiger partial charge in [-0.1, -0.05) is 0 Å². The molecule has 0 fully saturated rings. The monoisotopic (exact) mass is 289 g/mol. The highest BCUT2D eigenvalue weighted by molar-refractivity contribution is 5.91. The van der Waals surface area contributed by atoms with E-state index in [1.807, 2.05) is 14.1 Å². The van der Waals surface area contributed by atoms with Crippen LogP contribution < -0.4 is 10.6 Å². The molecule has 0 unspecified atom stereocenters. The molecule has 2 heterocycles. The van der Waals surface area contributed by atoms with Crippen molar-refractivity contribution in [2.75, 3.05) is 32.5 Å². The molecule has 112 valence electrons. The second-order valence-corrected chi connectivity index (χ2v) is 4.78. The summed E-state index contributed by atoms with van der Waals surface area (Å²) in [4.78, 5) is 22.2. The molecule has 7 heteroatoms. The Morgan fingerprint density at radius 3 is 2.81 bits per heavy atom. The van der Waals surface area contributed by atoms with Crippen molar-refractivity contribution < 1.29 is 9.21 Å². The molecule has 0 aliphatic rings. The number of carbonyl (C=O) groups is 1. The van der Waals surface area contributed by atoms with Crippen LogP contribution >= 0.6 is 0 Å². The highest BCUT2D eigenvalue weighted by atomic mass is 16.3. The number of carbonyl (C=O) groups excluding carboxylic acids is 1. The molecule has 0 aliphatic carbocycles. The Labute approximate surface area is 123 Å². The fourth-order valence-electron chi connectivity index (χ4n) is 1.62. The van der Waals surface area contributed by atoms with Crippen molar-refractivity contribution >= 4 is 11.7 Å². The lowest BCUT2D eigenvalue weighted by molar-refractivity contribution is 0.0942. The van der Waals surface area contributed by atoms with Crippen LogP contribution in [-0.4, -0.2) is 48.0 Å². The third-order valence-corrected chi connectivity index (χ3v) is 2.75. The zero-order chi connectivity index (χ0) is 15.1. The van der Waals surface area contributed by atoms with Crippen molar-refractivity contribution in [1.82, 2.24) is 20.2 Å². The topological polar surface area (TPSA) is 83.3 Å². The Balaban J connectivity index is 1.82. The lowest BCUT2D eigenvalue weighted by Crippen LogP contribution is -2.24. The molecule has 0 saturated heterocycles. The van der Waals surface area contributed by atoms with Gasteiger partial charge in [-0.25, -0.2) is 9.97 Å². The molecule has 2 aromatic rings. The maximum Gasteiger partial charge on any atom is 0.271 e. The van der Waals surface area contributed by atoms with E-state index in [9.17, 15) is 4.79 Å². The molecule has 2 aromatic heterocycles. The summed E-state index contributed by atoms with van der Waals surface area (Å²) in [6.07, 6.45) is 4.57. The summed E-state index contributed by atoms with van der Waals surface area (Å²) in [5, 5.41) is 5.85. The van der Waals surface area contributed by atoms with Crippen molar-refractivity contribution in [1.29, 1.82) is 0 Å². The number of amides is 1. The highest BCUT2D eigenvalue weighted by Gasteiger charge is 2.08. The predicted molar refractivity (Wildman–Crippen MR) is 79.0 cm³/mol. The van der Waals surface area contributed by atoms with E-state index in [2.05, 4.69) is 25.5 Å². The van der Waals surface area contributed by atoms with Crippen molar-refractivity contribution in [3.05, 3.63) is 42.2 Å². The van der Waals surface area contributed by atoms with Crippen LogP contribution in [0.1, 0.15) is 16.2 Å². The van der Waals surface area contributed by atoms with Crippen molar-refractivity contribution in [3.8, 4) is 0 Å². The summed E-state index contributed by atoms with van der Waals surface area (Å²) in [6, 6.07) is 3.57. The van der Waals surface area contributed by atoms with Gasteiger partial charge in [0.1, 0.15) is 17.3 Å². The first-order valence-corrected chi connectivity index (χ1v) is 6.66. The van der Waals surface area contributed by atoms with E-state index in [1.165, 1.54) is 6.20 Å². The van der Waals surface area contributed by atoms with Gasteiger partial charge >= 0.3 is 0 Å². The second-order valence-electron chi connectivity index (χ2n) is 4.78. The summed E-state index contributed by atoms with van der Waals surface area (Å²) in [7, 11) is 4.00. The van der Waals surface area contributed by atoms with Gasteiger partial charge in [0.25, 0.3) is 5.91 Å². The number of hydrogen-bond donors (Lipinski definition) is 2. The van der Waals surface area contributed by atoms with E-state index in [4.69, 9.17) is 4.42 Å². The minimum Gasteiger partial charge on any atom is -0.467 e. The van der Waals surface area contributed by atoms with Gasteiger partial charge in [-0.05, 0) is 26.2 Å². The van der Waals surface area contributed by atoms with Crippen LogP contribution in [-0.2, 0) is 6.54 Å². The molecule has 0 saturated carbocycles. The van der Waals surface area contributed by atoms with Crippen LogP contribution in [0.4, 0.5) is 5.82 Å². The summed E-state index contributed by atoms with van der Waals surface area (Å²) >= 11 is 0. The van der Waals surface area contributed by atoms with Crippen LogP contribution in [0.15, 0.2) is 35.2 Å². The van der Waals surface area contributed by atoms with Gasteiger partial charge in [-0.2, -0.15) is 0 Å². The lowest BCUT2D eigenvalue weighted by atomic mass is 10.4. The summed E-state index contributed by atoms with van der Waals surface area (Å²) < 4.78 is 5.14. The molecule has 0 aliphatic heterocycles. The number of nitrogens with zero attached hydrogens (tertiary/aromatic N) is 3. The SMILES string of the molecule is CN(C)CCNc1cnc(C(=O)NCc2ccco2)cn1. The van der Waals surface area contributed by atoms with Crippen molar-refractivity contribution in [2.24, 2.45) is 0 Å². The molecular formula is C14H19N5O2. The van der Waals surface area contributed by atoms with Crippen molar-refractivity contribution in [3.63, 3.8) is 0 Å². The molecule has 2 rings (SSSR count). The number of likely N-dealkylation sites (N-methyl/N-ethyl adjacent to an activating group) is 1. The molecule has 2 N–H and O–H groups in total. The van der Waals surface area contributed by atoms with Gasteiger partial charge in [-0.3, -0.25) is 4.79 Å². The average Bonchev–Trinajstić information content (AvgIpc) is 2.98. The fraction of sp³-hybridized carbons (Fsp3) is 0.357. The number of furan rings is 1. The minimum atomic E-state index is -0.279. The maximum absolute atomic E-state index is 11.9. The van der Waals surface area contributed by atoms with Gasteiger partial charge in [0.05, 0.1) is 25.2 Å². The van der Waals surface area contributed by atoms with Crippen LogP contribution in [0.5, 0.6) is 0 Å². The van der Waals surface area contributed by atoms with Crippen LogP contribution in [0, 0.1) is 0 Å². The predicted octanol–water partition coefficient (Wildman–Crippen LogP) is 0.973. The summed E-state index contributed by atoms with van der Waals surface area (Å²) in [5.74, 6) is 1.07. The van der Waals surface area contributed by atoms with E-state index in [0.717, 1.165) is 13.1 Å². The van der Waals surface area contributed by atoms with Gasteiger partial charge < -0.3 is 20.0 Å². The molecule has 0 aromatic carbocycles. The molecule has 0 bridgehead atoms. The first-order valence-electron chi connectivity index (χ1n) is 6.66. The maximum atomic E-state index is 11.9. The fourth-order valence-corrected chi connectivity index (χ4v) is 1.62. The second kappa shape index (κ2) is 7.39. The Morgan fingerprint density at radius 1 is 1.33 bits per heavy atom. The zero-order valence-electron chi connectivity index (χ0n) is 12.2. The number of hydrogen-bond acceptors (Lipinski definition) is 6. The van der Waals surface area contributed by atoms with Gasteiger partial charge in [0.15, 0.2) is 0 Å². The molecule has 0 radical (unpaired) electrons. The normalized spacial score (nSPS) is 10.6. The smallest absolute Gasteiger partial charge is 0.271 e. The van der Waals surface area contributed by atoms with E-state index < -0.39 is 0 Å². The Bertz CT molecular complexity index is 551. The number of nitrogens with one attached hydrogen (secondary N) is 2. The number of rotatable bonds is 7. The average molecular weight is 289 g/mol. The third kappa shape index (κ3) is 4.88. The quantitative estimate of drug-likeness (QED) is 0.790. The third-order valence-electron chi connectivity index (χ3n) is 2.75. The standard InChI is InChI=1S/C14H19N5O2/c1-19(2)6-5-15-13-10-16-12(9-17-13)14(20)18-8-11-4-3-7-21-11/h3-4,7,9-10H,5-6,8H2,1-2H3,(H,15,17)(H,18,20). The van der Waals surface area contributed by atoms with Gasteiger partial charge in [0, 0.05) is 13.1 Å². The first kappa shape index (κ1) is 15.0. The first-order chi connectivity index (χ1) is 10.1. The van der Waals surface area contributed by atoms with Crippen LogP contribution in [0.3, 0.4) is 0 Å². The molecule has 0 atom stereocenters. The summed E-state index contributed by atoms with van der Waals surface area (Å²) in [5.41, 5.74) is 0.278. The Hall–Kier alpha value is -2.41. The molecule has 21 heavy (non-hydrogen) atoms. The minimum absolute atomic E-state index is 0.278. The van der Waals surface area contributed by atoms with E-state index in [1.54, 1.807) is 24.6 Å². The molecule has 0 spiro atoms. The molecular weight excluding hydrogens is 270 g/mol. The molecule has 1 amide bonds. The van der Waals surface area contributed by atoms with Crippen LogP contribution in [0.2, 0.25) is 0 Å². The zero-order valence-corrected chi connectivity index (χ0v) is 12.2. The van der Waals surface area contributed by atoms with E-state index in [-0.39, 0.29) is 11.6 Å². The lowest BCUT2D eigenvalue weighted by Gasteiger charge is -2.10. The number of aromatic nitrogens is 2.